The van der Waals surface area contributed by atoms with Crippen LogP contribution in [0.5, 0.6) is 5.75 Å². The summed E-state index contributed by atoms with van der Waals surface area (Å²) in [7, 11) is 0. The first-order valence-corrected chi connectivity index (χ1v) is 7.22. The fraction of sp³-hybridized carbons (Fsp3) is 0.231. The van der Waals surface area contributed by atoms with Gasteiger partial charge in [0, 0.05) is 15.5 Å². The minimum atomic E-state index is -0.252. The number of nitrogens with zero attached hydrogens (tertiary/aromatic N) is 1. The van der Waals surface area contributed by atoms with Crippen LogP contribution in [-0.4, -0.2) is 10.8 Å². The summed E-state index contributed by atoms with van der Waals surface area (Å²) in [6.45, 7) is 1.94. The average Bonchev–Trinajstić information content (AvgIpc) is 2.75. The maximum atomic E-state index is 12.1. The highest BCUT2D eigenvalue weighted by Crippen LogP contribution is 2.37. The van der Waals surface area contributed by atoms with Gasteiger partial charge in [0.15, 0.2) is 11.9 Å². The van der Waals surface area contributed by atoms with Crippen LogP contribution in [0.25, 0.3) is 0 Å². The van der Waals surface area contributed by atoms with E-state index in [4.69, 9.17) is 4.74 Å². The van der Waals surface area contributed by atoms with Crippen LogP contribution in [0.2, 0.25) is 0 Å². The molecule has 2 heterocycles. The van der Waals surface area contributed by atoms with Gasteiger partial charge in [-0.05, 0) is 25.1 Å². The number of carbonyl (C=O) groups excluding carboxylic acids is 1. The summed E-state index contributed by atoms with van der Waals surface area (Å²) in [5, 5.41) is 2.84. The number of rotatable bonds is 1. The molecule has 0 N–H and O–H groups in total. The van der Waals surface area contributed by atoms with Crippen molar-refractivity contribution >= 4 is 33.0 Å². The van der Waals surface area contributed by atoms with E-state index in [-0.39, 0.29) is 11.9 Å². The molecule has 0 fully saturated rings. The number of benzene rings is 1. The van der Waals surface area contributed by atoms with Gasteiger partial charge in [-0.3, -0.25) is 4.79 Å². The Balaban J connectivity index is 1.98. The van der Waals surface area contributed by atoms with Gasteiger partial charge in [-0.2, -0.15) is 0 Å². The molecule has 1 atom stereocenters. The summed E-state index contributed by atoms with van der Waals surface area (Å²) in [5.41, 5.74) is 1.62. The molecule has 1 unspecified atom stereocenters. The van der Waals surface area contributed by atoms with Crippen molar-refractivity contribution < 1.29 is 9.53 Å². The SMILES string of the molecule is Cc1csc(C2CC(=O)c3ccc(Br)cc3O2)n1. The van der Waals surface area contributed by atoms with Crippen molar-refractivity contribution in [1.82, 2.24) is 4.98 Å². The van der Waals surface area contributed by atoms with Crippen molar-refractivity contribution in [3.05, 3.63) is 44.3 Å². The zero-order valence-corrected chi connectivity index (χ0v) is 12.0. The highest BCUT2D eigenvalue weighted by molar-refractivity contribution is 9.10. The number of aromatic nitrogens is 1. The van der Waals surface area contributed by atoms with Gasteiger partial charge >= 0.3 is 0 Å². The number of carbonyl (C=O) groups is 1. The molecule has 0 saturated heterocycles. The van der Waals surface area contributed by atoms with Crippen molar-refractivity contribution in [2.24, 2.45) is 0 Å². The van der Waals surface area contributed by atoms with Crippen LogP contribution in [-0.2, 0) is 0 Å². The molecule has 92 valence electrons. The molecule has 1 aliphatic rings. The molecular formula is C13H10BrNO2S. The third kappa shape index (κ3) is 2.08. The third-order valence-electron chi connectivity index (χ3n) is 2.80. The first-order valence-electron chi connectivity index (χ1n) is 5.55. The minimum absolute atomic E-state index is 0.113. The maximum Gasteiger partial charge on any atom is 0.170 e. The molecule has 0 spiro atoms. The fourth-order valence-corrected chi connectivity index (χ4v) is 3.12. The number of fused-ring (bicyclic) bond motifs is 1. The van der Waals surface area contributed by atoms with Crippen LogP contribution < -0.4 is 4.74 Å². The Kier molecular flexibility index (Phi) is 2.95. The van der Waals surface area contributed by atoms with E-state index in [0.29, 0.717) is 17.7 Å². The van der Waals surface area contributed by atoms with E-state index in [1.54, 1.807) is 6.07 Å². The second-order valence-electron chi connectivity index (χ2n) is 4.20. The lowest BCUT2D eigenvalue weighted by Crippen LogP contribution is -2.20. The van der Waals surface area contributed by atoms with Gasteiger partial charge in [0.05, 0.1) is 12.0 Å². The van der Waals surface area contributed by atoms with Crippen LogP contribution in [0.4, 0.5) is 0 Å². The first kappa shape index (κ1) is 11.9. The Labute approximate surface area is 117 Å². The average molecular weight is 324 g/mol. The number of hydrogen-bond acceptors (Lipinski definition) is 4. The molecule has 1 aromatic heterocycles. The number of ether oxygens (including phenoxy) is 1. The Morgan fingerprint density at radius 3 is 3.06 bits per heavy atom. The van der Waals surface area contributed by atoms with Crippen LogP contribution >= 0.6 is 27.3 Å². The Morgan fingerprint density at radius 2 is 2.33 bits per heavy atom. The highest BCUT2D eigenvalue weighted by atomic mass is 79.9. The molecule has 18 heavy (non-hydrogen) atoms. The normalized spacial score (nSPS) is 18.3. The van der Waals surface area contributed by atoms with E-state index in [2.05, 4.69) is 20.9 Å². The van der Waals surface area contributed by atoms with Gasteiger partial charge in [0.2, 0.25) is 0 Å². The lowest BCUT2D eigenvalue weighted by atomic mass is 10.0. The molecule has 1 aromatic carbocycles. The molecule has 1 aliphatic heterocycles. The van der Waals surface area contributed by atoms with Crippen LogP contribution in [0.3, 0.4) is 0 Å². The Hall–Kier alpha value is -1.20. The predicted octanol–water partition coefficient (Wildman–Crippen LogP) is 3.92. The topological polar surface area (TPSA) is 39.2 Å². The van der Waals surface area contributed by atoms with E-state index in [0.717, 1.165) is 15.2 Å². The largest absolute Gasteiger partial charge is 0.482 e. The first-order chi connectivity index (χ1) is 8.63. The second-order valence-corrected chi connectivity index (χ2v) is 6.01. The quantitative estimate of drug-likeness (QED) is 0.798. The molecule has 3 rings (SSSR count). The molecular weight excluding hydrogens is 314 g/mol. The summed E-state index contributed by atoms with van der Waals surface area (Å²) < 4.78 is 6.79. The molecule has 0 amide bonds. The monoisotopic (exact) mass is 323 g/mol. The number of halogens is 1. The smallest absolute Gasteiger partial charge is 0.170 e. The third-order valence-corrected chi connectivity index (χ3v) is 4.34. The zero-order valence-electron chi connectivity index (χ0n) is 9.64. The molecule has 0 radical (unpaired) electrons. The lowest BCUT2D eigenvalue weighted by molar-refractivity contribution is 0.0849. The number of Topliss-reactive ketones (excluding diaryl/α,β-unsaturated/α-hetero) is 1. The predicted molar refractivity (Wildman–Crippen MR) is 73.3 cm³/mol. The van der Waals surface area contributed by atoms with Gasteiger partial charge in [-0.25, -0.2) is 4.98 Å². The number of thiazole rings is 1. The number of aryl methyl sites for hydroxylation is 1. The minimum Gasteiger partial charge on any atom is -0.482 e. The molecule has 3 nitrogen and oxygen atoms in total. The van der Waals surface area contributed by atoms with Crippen molar-refractivity contribution in [3.63, 3.8) is 0 Å². The van der Waals surface area contributed by atoms with Crippen molar-refractivity contribution in [1.29, 1.82) is 0 Å². The van der Waals surface area contributed by atoms with E-state index >= 15 is 0 Å². The summed E-state index contributed by atoms with van der Waals surface area (Å²) >= 11 is 4.92. The summed E-state index contributed by atoms with van der Waals surface area (Å²) in [6, 6.07) is 5.49. The van der Waals surface area contributed by atoms with Crippen molar-refractivity contribution in [2.45, 2.75) is 19.4 Å². The van der Waals surface area contributed by atoms with Gasteiger partial charge in [0.1, 0.15) is 10.8 Å². The lowest BCUT2D eigenvalue weighted by Gasteiger charge is -2.23. The molecule has 0 aliphatic carbocycles. The fourth-order valence-electron chi connectivity index (χ4n) is 1.96. The van der Waals surface area contributed by atoms with Gasteiger partial charge in [-0.15, -0.1) is 11.3 Å². The standard InChI is InChI=1S/C13H10BrNO2S/c1-7-6-18-13(15-7)12-5-10(16)9-3-2-8(14)4-11(9)17-12/h2-4,6,12H,5H2,1H3. The number of ketones is 1. The van der Waals surface area contributed by atoms with Crippen LogP contribution in [0.1, 0.15) is 33.6 Å². The van der Waals surface area contributed by atoms with E-state index in [1.165, 1.54) is 11.3 Å². The Morgan fingerprint density at radius 1 is 1.50 bits per heavy atom. The van der Waals surface area contributed by atoms with Crippen molar-refractivity contribution in [2.75, 3.05) is 0 Å². The maximum absolute atomic E-state index is 12.1. The van der Waals surface area contributed by atoms with Gasteiger partial charge in [-0.1, -0.05) is 15.9 Å². The summed E-state index contributed by atoms with van der Waals surface area (Å²) in [5.74, 6) is 0.750. The van der Waals surface area contributed by atoms with E-state index in [1.807, 2.05) is 24.4 Å². The van der Waals surface area contributed by atoms with E-state index < -0.39 is 0 Å². The van der Waals surface area contributed by atoms with Crippen LogP contribution in [0, 0.1) is 6.92 Å². The van der Waals surface area contributed by atoms with Crippen molar-refractivity contribution in [3.8, 4) is 5.75 Å². The second kappa shape index (κ2) is 4.48. The zero-order chi connectivity index (χ0) is 12.7. The molecule has 2 aromatic rings. The highest BCUT2D eigenvalue weighted by Gasteiger charge is 2.29. The van der Waals surface area contributed by atoms with Crippen LogP contribution in [0.15, 0.2) is 28.1 Å². The van der Waals surface area contributed by atoms with E-state index in [9.17, 15) is 4.79 Å². The van der Waals surface area contributed by atoms with Gasteiger partial charge < -0.3 is 4.74 Å². The van der Waals surface area contributed by atoms with Gasteiger partial charge in [0.25, 0.3) is 0 Å². The summed E-state index contributed by atoms with van der Waals surface area (Å²) in [4.78, 5) is 16.5. The molecule has 5 heteroatoms. The molecule has 0 saturated carbocycles. The number of hydrogen-bond donors (Lipinski definition) is 0. The molecule has 0 bridgehead atoms. The Bertz CT molecular complexity index is 623. The summed E-state index contributed by atoms with van der Waals surface area (Å²) in [6.07, 6.45) is 0.111.